The molecule has 0 aliphatic heterocycles. The fourth-order valence-corrected chi connectivity index (χ4v) is 5.08. The van der Waals surface area contributed by atoms with Crippen molar-refractivity contribution >= 4 is 22.0 Å². The minimum Gasteiger partial charge on any atom is -0.444 e. The average Bonchev–Trinajstić information content (AvgIpc) is 2.76. The predicted molar refractivity (Wildman–Crippen MR) is 136 cm³/mol. The molecule has 1 amide bonds. The van der Waals surface area contributed by atoms with Crippen LogP contribution in [0.5, 0.6) is 0 Å². The van der Waals surface area contributed by atoms with E-state index in [0.717, 1.165) is 48.2 Å². The van der Waals surface area contributed by atoms with E-state index in [0.29, 0.717) is 5.56 Å². The summed E-state index contributed by atoms with van der Waals surface area (Å²) in [6.45, 7) is 5.41. The maximum atomic E-state index is 13.8. The lowest BCUT2D eigenvalue weighted by molar-refractivity contribution is 0.0408. The van der Waals surface area contributed by atoms with Crippen LogP contribution in [0.25, 0.3) is 0 Å². The quantitative estimate of drug-likeness (QED) is 0.377. The van der Waals surface area contributed by atoms with Crippen molar-refractivity contribution in [1.82, 2.24) is 10.6 Å². The highest BCUT2D eigenvalue weighted by Crippen LogP contribution is 2.38. The molecule has 3 rings (SSSR count). The van der Waals surface area contributed by atoms with E-state index in [4.69, 9.17) is 4.74 Å². The van der Waals surface area contributed by atoms with Crippen molar-refractivity contribution in [3.05, 3.63) is 69.7 Å². The summed E-state index contributed by atoms with van der Waals surface area (Å²) >= 11 is 3.56. The summed E-state index contributed by atoms with van der Waals surface area (Å²) in [7, 11) is 0. The Bertz CT molecular complexity index is 986. The first kappa shape index (κ1) is 27.6. The molecular formula is C27H35BrF2N2O3. The van der Waals surface area contributed by atoms with Crippen molar-refractivity contribution in [3.8, 4) is 0 Å². The number of hydrogen-bond acceptors (Lipinski definition) is 4. The SMILES string of the molecule is CC(C)(C)OC(=O)N[C@@H](Cc1cc(F)cc(F)c1)[C@H](O)CNC1(c2cccc(Br)c2)CCCCC1. The van der Waals surface area contributed by atoms with Crippen LogP contribution in [-0.2, 0) is 16.7 Å². The standard InChI is InChI=1S/C27H35BrF2N2O3/c1-26(2,3)35-25(34)32-23(14-18-12-21(29)16-22(30)13-18)24(33)17-31-27(10-5-4-6-11-27)19-8-7-9-20(28)15-19/h7-9,12-13,15-16,23-24,31,33H,4-6,10-11,14,17H2,1-3H3,(H,32,34)/t23-,24+/m0/s1. The molecule has 0 saturated heterocycles. The van der Waals surface area contributed by atoms with Gasteiger partial charge < -0.3 is 20.5 Å². The first-order valence-corrected chi connectivity index (χ1v) is 12.9. The van der Waals surface area contributed by atoms with Crippen LogP contribution in [0.2, 0.25) is 0 Å². The summed E-state index contributed by atoms with van der Waals surface area (Å²) in [6.07, 6.45) is 3.47. The van der Waals surface area contributed by atoms with Gasteiger partial charge in [-0.15, -0.1) is 0 Å². The van der Waals surface area contributed by atoms with Crippen LogP contribution in [0.15, 0.2) is 46.9 Å². The normalized spacial score (nSPS) is 17.5. The summed E-state index contributed by atoms with van der Waals surface area (Å²) in [4.78, 5) is 12.5. The van der Waals surface area contributed by atoms with Gasteiger partial charge in [0.05, 0.1) is 12.1 Å². The number of aliphatic hydroxyl groups is 1. The molecule has 3 N–H and O–H groups in total. The van der Waals surface area contributed by atoms with E-state index in [1.165, 1.54) is 12.1 Å². The van der Waals surface area contributed by atoms with Crippen LogP contribution < -0.4 is 10.6 Å². The number of alkyl carbamates (subject to hydrolysis) is 1. The Morgan fingerprint density at radius 3 is 2.37 bits per heavy atom. The number of rotatable bonds is 8. The molecule has 0 bridgehead atoms. The zero-order chi connectivity index (χ0) is 25.6. The molecule has 192 valence electrons. The molecule has 0 spiro atoms. The average molecular weight is 553 g/mol. The van der Waals surface area contributed by atoms with E-state index in [-0.39, 0.29) is 18.5 Å². The Labute approximate surface area is 214 Å². The molecule has 0 radical (unpaired) electrons. The second-order valence-electron chi connectivity index (χ2n) is 10.3. The van der Waals surface area contributed by atoms with Gasteiger partial charge in [0.15, 0.2) is 0 Å². The van der Waals surface area contributed by atoms with Gasteiger partial charge in [-0.05, 0) is 75.4 Å². The highest BCUT2D eigenvalue weighted by Gasteiger charge is 2.35. The van der Waals surface area contributed by atoms with Gasteiger partial charge in [-0.2, -0.15) is 0 Å². The summed E-state index contributed by atoms with van der Waals surface area (Å²) in [5, 5.41) is 17.5. The number of hydrogen-bond donors (Lipinski definition) is 3. The zero-order valence-electron chi connectivity index (χ0n) is 20.5. The van der Waals surface area contributed by atoms with E-state index in [2.05, 4.69) is 38.7 Å². The van der Waals surface area contributed by atoms with E-state index in [9.17, 15) is 18.7 Å². The smallest absolute Gasteiger partial charge is 0.407 e. The monoisotopic (exact) mass is 552 g/mol. The maximum Gasteiger partial charge on any atom is 0.407 e. The Hall–Kier alpha value is -2.03. The lowest BCUT2D eigenvalue weighted by atomic mass is 9.76. The number of nitrogens with one attached hydrogen (secondary N) is 2. The topological polar surface area (TPSA) is 70.6 Å². The maximum absolute atomic E-state index is 13.8. The number of carbonyl (C=O) groups excluding carboxylic acids is 1. The van der Waals surface area contributed by atoms with Crippen LogP contribution >= 0.6 is 15.9 Å². The second kappa shape index (κ2) is 11.8. The summed E-state index contributed by atoms with van der Waals surface area (Å²) in [6, 6.07) is 10.5. The number of ether oxygens (including phenoxy) is 1. The molecule has 2 atom stereocenters. The van der Waals surface area contributed by atoms with Crippen molar-refractivity contribution in [2.24, 2.45) is 0 Å². The third-order valence-corrected chi connectivity index (χ3v) is 6.77. The number of aliphatic hydroxyl groups excluding tert-OH is 1. The molecule has 8 heteroatoms. The molecule has 0 aromatic heterocycles. The summed E-state index contributed by atoms with van der Waals surface area (Å²) in [5.74, 6) is -1.42. The largest absolute Gasteiger partial charge is 0.444 e. The number of benzene rings is 2. The van der Waals surface area contributed by atoms with Gasteiger partial charge >= 0.3 is 6.09 Å². The van der Waals surface area contributed by atoms with Gasteiger partial charge in [0.1, 0.15) is 17.2 Å². The fourth-order valence-electron chi connectivity index (χ4n) is 4.68. The second-order valence-corrected chi connectivity index (χ2v) is 11.3. The summed E-state index contributed by atoms with van der Waals surface area (Å²) in [5.41, 5.74) is 0.449. The van der Waals surface area contributed by atoms with Crippen LogP contribution in [0, 0.1) is 11.6 Å². The van der Waals surface area contributed by atoms with Crippen LogP contribution in [0.4, 0.5) is 13.6 Å². The van der Waals surface area contributed by atoms with Crippen molar-refractivity contribution in [1.29, 1.82) is 0 Å². The lowest BCUT2D eigenvalue weighted by Gasteiger charge is -2.40. The molecular weight excluding hydrogens is 518 g/mol. The van der Waals surface area contributed by atoms with Gasteiger partial charge in [0, 0.05) is 22.6 Å². The molecule has 5 nitrogen and oxygen atoms in total. The Kier molecular flexibility index (Phi) is 9.29. The van der Waals surface area contributed by atoms with Gasteiger partial charge in [-0.25, -0.2) is 13.6 Å². The van der Waals surface area contributed by atoms with Crippen LogP contribution in [-0.4, -0.2) is 35.5 Å². The lowest BCUT2D eigenvalue weighted by Crippen LogP contribution is -2.53. The molecule has 2 aromatic rings. The first-order valence-electron chi connectivity index (χ1n) is 12.1. The molecule has 35 heavy (non-hydrogen) atoms. The van der Waals surface area contributed by atoms with E-state index >= 15 is 0 Å². The highest BCUT2D eigenvalue weighted by atomic mass is 79.9. The van der Waals surface area contributed by atoms with Gasteiger partial charge in [-0.1, -0.05) is 47.3 Å². The van der Waals surface area contributed by atoms with Crippen LogP contribution in [0.3, 0.4) is 0 Å². The predicted octanol–water partition coefficient (Wildman–Crippen LogP) is 5.97. The zero-order valence-corrected chi connectivity index (χ0v) is 22.1. The van der Waals surface area contributed by atoms with Gasteiger partial charge in [0.2, 0.25) is 0 Å². The van der Waals surface area contributed by atoms with Crippen molar-refractivity contribution in [2.45, 2.75) is 82.6 Å². The van der Waals surface area contributed by atoms with Crippen LogP contribution in [0.1, 0.15) is 64.0 Å². The van der Waals surface area contributed by atoms with Gasteiger partial charge in [-0.3, -0.25) is 0 Å². The van der Waals surface area contributed by atoms with Crippen molar-refractivity contribution < 1.29 is 23.4 Å². The molecule has 2 aromatic carbocycles. The summed E-state index contributed by atoms with van der Waals surface area (Å²) < 4.78 is 33.9. The number of carbonyl (C=O) groups is 1. The Morgan fingerprint density at radius 2 is 1.77 bits per heavy atom. The minimum absolute atomic E-state index is 0.0423. The minimum atomic E-state index is -1.03. The fraction of sp³-hybridized carbons (Fsp3) is 0.519. The molecule has 1 saturated carbocycles. The Balaban J connectivity index is 1.79. The highest BCUT2D eigenvalue weighted by molar-refractivity contribution is 9.10. The number of halogens is 3. The third kappa shape index (κ3) is 8.26. The molecule has 1 aliphatic carbocycles. The van der Waals surface area contributed by atoms with Crippen molar-refractivity contribution in [2.75, 3.05) is 6.54 Å². The third-order valence-electron chi connectivity index (χ3n) is 6.28. The Morgan fingerprint density at radius 1 is 1.11 bits per heavy atom. The molecule has 0 heterocycles. The van der Waals surface area contributed by atoms with Crippen molar-refractivity contribution in [3.63, 3.8) is 0 Å². The van der Waals surface area contributed by atoms with Gasteiger partial charge in [0.25, 0.3) is 0 Å². The molecule has 0 unspecified atom stereocenters. The van der Waals surface area contributed by atoms with E-state index in [1.807, 2.05) is 12.1 Å². The van der Waals surface area contributed by atoms with E-state index in [1.54, 1.807) is 20.8 Å². The first-order chi connectivity index (χ1) is 16.5. The van der Waals surface area contributed by atoms with E-state index < -0.39 is 35.5 Å². The number of amides is 1. The molecule has 1 fully saturated rings. The molecule has 1 aliphatic rings.